The molecular formula is C16H16F3N3O. The van der Waals surface area contributed by atoms with E-state index in [1.165, 1.54) is 6.07 Å². The fourth-order valence-corrected chi connectivity index (χ4v) is 2.57. The fraction of sp³-hybridized carbons (Fsp3) is 0.438. The summed E-state index contributed by atoms with van der Waals surface area (Å²) in [6, 6.07) is 1.45. The van der Waals surface area contributed by atoms with Crippen LogP contribution in [-0.4, -0.2) is 12.0 Å². The molecule has 1 saturated carbocycles. The number of anilines is 1. The Labute approximate surface area is 131 Å². The van der Waals surface area contributed by atoms with E-state index in [0.717, 1.165) is 18.9 Å². The van der Waals surface area contributed by atoms with Gasteiger partial charge in [0.05, 0.1) is 0 Å². The normalized spacial score (nSPS) is 23.3. The van der Waals surface area contributed by atoms with Gasteiger partial charge in [0.15, 0.2) is 5.54 Å². The van der Waals surface area contributed by atoms with E-state index in [4.69, 9.17) is 5.73 Å². The maximum atomic E-state index is 14.4. The van der Waals surface area contributed by atoms with Gasteiger partial charge in [-0.25, -0.2) is 18.0 Å². The number of hydrogen-bond donors (Lipinski definition) is 3. The zero-order chi connectivity index (χ0) is 16.8. The van der Waals surface area contributed by atoms with E-state index in [9.17, 15) is 18.0 Å². The van der Waals surface area contributed by atoms with Gasteiger partial charge >= 0.3 is 6.03 Å². The Hall–Kier alpha value is -2.20. The van der Waals surface area contributed by atoms with Gasteiger partial charge in [0, 0.05) is 36.2 Å². The second kappa shape index (κ2) is 5.17. The van der Waals surface area contributed by atoms with Gasteiger partial charge in [-0.1, -0.05) is 11.8 Å². The van der Waals surface area contributed by atoms with Crippen LogP contribution in [0.4, 0.5) is 23.7 Å². The predicted octanol–water partition coefficient (Wildman–Crippen LogP) is 2.68. The van der Waals surface area contributed by atoms with Gasteiger partial charge in [-0.15, -0.1) is 0 Å². The van der Waals surface area contributed by atoms with Crippen LogP contribution in [0.3, 0.4) is 0 Å². The quantitative estimate of drug-likeness (QED) is 0.733. The number of benzene rings is 1. The maximum Gasteiger partial charge on any atom is 0.320 e. The maximum absolute atomic E-state index is 14.4. The van der Waals surface area contributed by atoms with Gasteiger partial charge < -0.3 is 16.4 Å². The molecule has 0 unspecified atom stereocenters. The first-order valence-electron chi connectivity index (χ1n) is 7.29. The van der Waals surface area contributed by atoms with Crippen LogP contribution in [-0.2, 0) is 12.1 Å². The number of carbonyl (C=O) groups is 1. The van der Waals surface area contributed by atoms with Crippen LogP contribution in [0, 0.1) is 23.6 Å². The molecular weight excluding hydrogens is 307 g/mol. The van der Waals surface area contributed by atoms with Crippen molar-refractivity contribution in [3.63, 3.8) is 0 Å². The summed E-state index contributed by atoms with van der Waals surface area (Å²) < 4.78 is 42.9. The van der Waals surface area contributed by atoms with Crippen LogP contribution in [0.15, 0.2) is 12.1 Å². The number of urea groups is 1. The lowest BCUT2D eigenvalue weighted by Crippen LogP contribution is -2.59. The van der Waals surface area contributed by atoms with E-state index < -0.39 is 23.3 Å². The second-order valence-electron chi connectivity index (χ2n) is 5.95. The second-order valence-corrected chi connectivity index (χ2v) is 5.95. The highest BCUT2D eigenvalue weighted by molar-refractivity contribution is 5.95. The van der Waals surface area contributed by atoms with Gasteiger partial charge in [-0.05, 0) is 25.0 Å². The molecule has 0 saturated heterocycles. The predicted molar refractivity (Wildman–Crippen MR) is 79.2 cm³/mol. The molecule has 0 aromatic heterocycles. The third kappa shape index (κ3) is 2.63. The lowest BCUT2D eigenvalue weighted by atomic mass is 9.81. The smallest absolute Gasteiger partial charge is 0.320 e. The summed E-state index contributed by atoms with van der Waals surface area (Å²) >= 11 is 0. The molecule has 23 heavy (non-hydrogen) atoms. The van der Waals surface area contributed by atoms with Crippen LogP contribution in [0.25, 0.3) is 0 Å². The molecule has 7 heteroatoms. The average molecular weight is 323 g/mol. The number of alkyl halides is 2. The van der Waals surface area contributed by atoms with Crippen LogP contribution in [0.1, 0.15) is 30.9 Å². The lowest BCUT2D eigenvalue weighted by molar-refractivity contribution is -0.0465. The molecule has 1 aromatic carbocycles. The Morgan fingerprint density at radius 2 is 2.13 bits per heavy atom. The molecule has 1 aromatic rings. The van der Waals surface area contributed by atoms with E-state index in [1.807, 2.05) is 0 Å². The Bertz CT molecular complexity index is 729. The fourth-order valence-electron chi connectivity index (χ4n) is 2.57. The molecule has 0 radical (unpaired) electrons. The van der Waals surface area contributed by atoms with Crippen LogP contribution in [0.2, 0.25) is 0 Å². The first-order chi connectivity index (χ1) is 10.8. The summed E-state index contributed by atoms with van der Waals surface area (Å²) in [5, 5.41) is 4.62. The number of nitrogens with two attached hydrogens (primary N) is 1. The van der Waals surface area contributed by atoms with Crippen molar-refractivity contribution in [2.75, 3.05) is 5.32 Å². The summed E-state index contributed by atoms with van der Waals surface area (Å²) in [6.45, 7) is 0.560. The summed E-state index contributed by atoms with van der Waals surface area (Å²) in [5.41, 5.74) is 3.31. The molecule has 1 aliphatic heterocycles. The van der Waals surface area contributed by atoms with Gasteiger partial charge in [-0.3, -0.25) is 0 Å². The number of halogens is 3. The van der Waals surface area contributed by atoms with Crippen molar-refractivity contribution in [3.8, 4) is 11.8 Å². The Kier molecular flexibility index (Phi) is 3.52. The summed E-state index contributed by atoms with van der Waals surface area (Å²) in [5.74, 6) is 1.23. The lowest BCUT2D eigenvalue weighted by Gasteiger charge is -2.40. The Balaban J connectivity index is 2.23. The summed E-state index contributed by atoms with van der Waals surface area (Å²) in [7, 11) is 0. The monoisotopic (exact) mass is 323 g/mol. The van der Waals surface area contributed by atoms with E-state index in [-0.39, 0.29) is 29.3 Å². The summed E-state index contributed by atoms with van der Waals surface area (Å²) in [4.78, 5) is 11.9. The molecule has 2 aliphatic rings. The number of fused-ring (bicyclic) bond motifs is 1. The van der Waals surface area contributed by atoms with Gasteiger partial charge in [0.25, 0.3) is 5.92 Å². The third-order valence-electron chi connectivity index (χ3n) is 4.06. The van der Waals surface area contributed by atoms with Crippen LogP contribution >= 0.6 is 0 Å². The molecule has 2 amide bonds. The molecule has 4 N–H and O–H groups in total. The number of rotatable bonds is 2. The highest BCUT2D eigenvalue weighted by Gasteiger charge is 2.55. The van der Waals surface area contributed by atoms with Gasteiger partial charge in [0.1, 0.15) is 5.82 Å². The zero-order valence-electron chi connectivity index (χ0n) is 12.5. The molecule has 0 bridgehead atoms. The van der Waals surface area contributed by atoms with Crippen LogP contribution in [0.5, 0.6) is 0 Å². The van der Waals surface area contributed by atoms with Crippen molar-refractivity contribution in [2.24, 2.45) is 11.7 Å². The van der Waals surface area contributed by atoms with E-state index in [1.54, 1.807) is 0 Å². The minimum Gasteiger partial charge on any atom is -0.326 e. The van der Waals surface area contributed by atoms with E-state index in [2.05, 4.69) is 22.5 Å². The number of carbonyl (C=O) groups excluding carboxylic acids is 1. The van der Waals surface area contributed by atoms with Crippen molar-refractivity contribution in [1.29, 1.82) is 0 Å². The largest absolute Gasteiger partial charge is 0.326 e. The molecule has 1 aliphatic carbocycles. The Morgan fingerprint density at radius 1 is 1.43 bits per heavy atom. The zero-order valence-corrected chi connectivity index (χ0v) is 12.5. The highest BCUT2D eigenvalue weighted by Crippen LogP contribution is 2.44. The standard InChI is InChI=1S/C16H16F3N3O/c1-15(18,19)16(5-4-9-2-3-9)11-7-12(17)10(8-20)6-13(11)21-14(23)22-16/h6-7,9H,2-3,8,20H2,1H3,(H2,21,22,23)/t16-/m0/s1. The first kappa shape index (κ1) is 15.7. The number of hydrogen-bond acceptors (Lipinski definition) is 2. The number of nitrogens with one attached hydrogen (secondary N) is 2. The van der Waals surface area contributed by atoms with Crippen molar-refractivity contribution >= 4 is 11.7 Å². The summed E-state index contributed by atoms with van der Waals surface area (Å²) in [6.07, 6.45) is 1.69. The molecule has 4 nitrogen and oxygen atoms in total. The highest BCUT2D eigenvalue weighted by atomic mass is 19.3. The minimum atomic E-state index is -3.40. The number of amides is 2. The van der Waals surface area contributed by atoms with Gasteiger partial charge in [0.2, 0.25) is 0 Å². The van der Waals surface area contributed by atoms with Crippen molar-refractivity contribution in [1.82, 2.24) is 5.32 Å². The van der Waals surface area contributed by atoms with E-state index in [0.29, 0.717) is 6.92 Å². The van der Waals surface area contributed by atoms with Gasteiger partial charge in [-0.2, -0.15) is 0 Å². The van der Waals surface area contributed by atoms with Crippen molar-refractivity contribution < 1.29 is 18.0 Å². The Morgan fingerprint density at radius 3 is 2.70 bits per heavy atom. The van der Waals surface area contributed by atoms with Crippen LogP contribution < -0.4 is 16.4 Å². The molecule has 122 valence electrons. The molecule has 1 fully saturated rings. The molecule has 1 atom stereocenters. The molecule has 3 rings (SSSR count). The van der Waals surface area contributed by atoms with Crippen molar-refractivity contribution in [2.45, 2.75) is 37.8 Å². The molecule has 1 heterocycles. The SMILES string of the molecule is CC(F)(F)[C@@]1(C#CC2CC2)NC(=O)Nc2cc(CN)c(F)cc21. The van der Waals surface area contributed by atoms with E-state index >= 15 is 0 Å². The minimum absolute atomic E-state index is 0.0534. The average Bonchev–Trinajstić information content (AvgIpc) is 3.27. The third-order valence-corrected chi connectivity index (χ3v) is 4.06. The first-order valence-corrected chi connectivity index (χ1v) is 7.29. The van der Waals surface area contributed by atoms with Crippen molar-refractivity contribution in [3.05, 3.63) is 29.1 Å². The molecule has 0 spiro atoms. The topological polar surface area (TPSA) is 67.2 Å².